The molecule has 9 heteroatoms. The van der Waals surface area contributed by atoms with E-state index in [0.717, 1.165) is 15.8 Å². The third kappa shape index (κ3) is 4.16. The Morgan fingerprint density at radius 3 is 2.42 bits per heavy atom. The van der Waals surface area contributed by atoms with Crippen LogP contribution < -0.4 is 10.2 Å². The molecular formula is C27H18FN3O4S. The first-order valence-corrected chi connectivity index (χ1v) is 11.3. The molecule has 3 aromatic carbocycles. The highest BCUT2D eigenvalue weighted by molar-refractivity contribution is 7.80. The lowest BCUT2D eigenvalue weighted by Gasteiger charge is -2.28. The summed E-state index contributed by atoms with van der Waals surface area (Å²) in [7, 11) is 0. The van der Waals surface area contributed by atoms with Crippen molar-refractivity contribution >= 4 is 57.8 Å². The molecule has 2 amide bonds. The fourth-order valence-electron chi connectivity index (χ4n) is 4.13. The third-order valence-corrected chi connectivity index (χ3v) is 6.18. The van der Waals surface area contributed by atoms with Crippen LogP contribution in [0.3, 0.4) is 0 Å². The van der Waals surface area contributed by atoms with Crippen LogP contribution in [0, 0.1) is 5.82 Å². The zero-order valence-corrected chi connectivity index (χ0v) is 19.5. The number of hydrogen-bond acceptors (Lipinski definition) is 4. The molecule has 5 rings (SSSR count). The number of thiocarbonyl (C=S) groups is 1. The first kappa shape index (κ1) is 23.1. The molecule has 0 bridgehead atoms. The Balaban J connectivity index is 1.55. The number of nitrogens with zero attached hydrogens (tertiary/aromatic N) is 2. The number of fused-ring (bicyclic) bond motifs is 1. The summed E-state index contributed by atoms with van der Waals surface area (Å²) in [5, 5.41) is 12.3. The van der Waals surface area contributed by atoms with Crippen LogP contribution in [-0.2, 0) is 16.1 Å². The molecule has 1 saturated heterocycles. The van der Waals surface area contributed by atoms with Crippen molar-refractivity contribution in [3.63, 3.8) is 0 Å². The lowest BCUT2D eigenvalue weighted by molar-refractivity contribution is -0.122. The van der Waals surface area contributed by atoms with Gasteiger partial charge < -0.3 is 9.67 Å². The molecule has 0 aliphatic carbocycles. The van der Waals surface area contributed by atoms with Gasteiger partial charge in [-0.3, -0.25) is 19.8 Å². The van der Waals surface area contributed by atoms with E-state index in [1.54, 1.807) is 24.4 Å². The number of aromatic nitrogens is 1. The van der Waals surface area contributed by atoms with Crippen LogP contribution in [0.25, 0.3) is 17.0 Å². The number of rotatable bonds is 5. The Hall–Kier alpha value is -4.63. The second-order valence-corrected chi connectivity index (χ2v) is 8.52. The first-order valence-electron chi connectivity index (χ1n) is 10.9. The number of hydrogen-bond donors (Lipinski definition) is 2. The van der Waals surface area contributed by atoms with E-state index in [9.17, 15) is 18.8 Å². The van der Waals surface area contributed by atoms with Gasteiger partial charge in [0.15, 0.2) is 5.11 Å². The summed E-state index contributed by atoms with van der Waals surface area (Å²) in [6, 6.07) is 19.5. The van der Waals surface area contributed by atoms with Crippen molar-refractivity contribution in [1.82, 2.24) is 9.88 Å². The van der Waals surface area contributed by atoms with Gasteiger partial charge in [-0.25, -0.2) is 9.18 Å². The van der Waals surface area contributed by atoms with Crippen molar-refractivity contribution in [3.05, 3.63) is 107 Å². The van der Waals surface area contributed by atoms with Gasteiger partial charge in [0.1, 0.15) is 11.4 Å². The van der Waals surface area contributed by atoms with Gasteiger partial charge in [-0.05, 0) is 54.7 Å². The molecule has 0 spiro atoms. The van der Waals surface area contributed by atoms with Crippen molar-refractivity contribution in [2.24, 2.45) is 0 Å². The Morgan fingerprint density at radius 1 is 1.00 bits per heavy atom. The molecule has 1 aromatic heterocycles. The Kier molecular flexibility index (Phi) is 5.91. The van der Waals surface area contributed by atoms with E-state index in [2.05, 4.69) is 5.32 Å². The van der Waals surface area contributed by atoms with Crippen molar-refractivity contribution < 1.29 is 23.9 Å². The number of aromatic carboxylic acids is 1. The van der Waals surface area contributed by atoms with E-state index < -0.39 is 17.8 Å². The summed E-state index contributed by atoms with van der Waals surface area (Å²) in [6.45, 7) is 0.267. The maximum Gasteiger partial charge on any atom is 0.335 e. The number of benzene rings is 3. The summed E-state index contributed by atoms with van der Waals surface area (Å²) in [5.41, 5.74) is 2.16. The van der Waals surface area contributed by atoms with Gasteiger partial charge in [0.2, 0.25) is 0 Å². The number of carboxylic acids is 1. The second-order valence-electron chi connectivity index (χ2n) is 8.13. The van der Waals surface area contributed by atoms with E-state index in [0.29, 0.717) is 16.8 Å². The van der Waals surface area contributed by atoms with Crippen LogP contribution in [-0.4, -0.2) is 32.6 Å². The predicted molar refractivity (Wildman–Crippen MR) is 137 cm³/mol. The van der Waals surface area contributed by atoms with E-state index in [1.165, 1.54) is 36.4 Å². The third-order valence-electron chi connectivity index (χ3n) is 5.89. The lowest BCUT2D eigenvalue weighted by atomic mass is 10.1. The lowest BCUT2D eigenvalue weighted by Crippen LogP contribution is -2.54. The van der Waals surface area contributed by atoms with Crippen molar-refractivity contribution in [2.75, 3.05) is 4.90 Å². The first-order chi connectivity index (χ1) is 17.3. The molecular weight excluding hydrogens is 481 g/mol. The minimum absolute atomic E-state index is 0.0524. The van der Waals surface area contributed by atoms with Crippen LogP contribution in [0.1, 0.15) is 21.5 Å². The van der Waals surface area contributed by atoms with Crippen molar-refractivity contribution in [2.45, 2.75) is 6.54 Å². The maximum atomic E-state index is 14.3. The summed E-state index contributed by atoms with van der Waals surface area (Å²) >= 11 is 5.22. The molecule has 0 atom stereocenters. The summed E-state index contributed by atoms with van der Waals surface area (Å²) in [5.74, 6) is -2.71. The van der Waals surface area contributed by atoms with E-state index >= 15 is 0 Å². The summed E-state index contributed by atoms with van der Waals surface area (Å²) < 4.78 is 16.2. The standard InChI is InChI=1S/C27H18FN3O4S/c28-22-7-3-1-5-17(22)14-30-15-18(20-6-2-4-8-23(20)30)13-21-24(32)29-27(36)31(25(21)33)19-11-9-16(10-12-19)26(34)35/h1-13,15H,14H2,(H,34,35)(H,29,32,36)/b21-13+. The summed E-state index contributed by atoms with van der Waals surface area (Å²) in [4.78, 5) is 38.5. The average Bonchev–Trinajstić information content (AvgIpc) is 3.20. The number of anilines is 1. The maximum absolute atomic E-state index is 14.3. The van der Waals surface area contributed by atoms with Crippen LogP contribution in [0.5, 0.6) is 0 Å². The quantitative estimate of drug-likeness (QED) is 0.242. The number of para-hydroxylation sites is 1. The highest BCUT2D eigenvalue weighted by atomic mass is 32.1. The second kappa shape index (κ2) is 9.20. The number of carboxylic acid groups (broad SMARTS) is 1. The molecule has 36 heavy (non-hydrogen) atoms. The number of nitrogens with one attached hydrogen (secondary N) is 1. The van der Waals surface area contributed by atoms with Gasteiger partial charge in [0.25, 0.3) is 11.8 Å². The van der Waals surface area contributed by atoms with Crippen LogP contribution >= 0.6 is 12.2 Å². The smallest absolute Gasteiger partial charge is 0.335 e. The zero-order chi connectivity index (χ0) is 25.4. The fraction of sp³-hybridized carbons (Fsp3) is 0.0370. The SMILES string of the molecule is O=C1NC(=S)N(c2ccc(C(=O)O)cc2)C(=O)/C1=C/c1cn(Cc2ccccc2F)c2ccccc12. The molecule has 0 saturated carbocycles. The Bertz CT molecular complexity index is 1590. The molecule has 7 nitrogen and oxygen atoms in total. The Morgan fingerprint density at radius 2 is 1.69 bits per heavy atom. The number of carbonyl (C=O) groups is 3. The van der Waals surface area contributed by atoms with E-state index in [4.69, 9.17) is 17.3 Å². The van der Waals surface area contributed by atoms with E-state index in [-0.39, 0.29) is 28.6 Å². The largest absolute Gasteiger partial charge is 0.478 e. The molecule has 0 unspecified atom stereocenters. The normalized spacial score (nSPS) is 15.0. The molecule has 1 aliphatic rings. The average molecular weight is 500 g/mol. The van der Waals surface area contributed by atoms with Crippen molar-refractivity contribution in [1.29, 1.82) is 0 Å². The minimum Gasteiger partial charge on any atom is -0.478 e. The van der Waals surface area contributed by atoms with Crippen molar-refractivity contribution in [3.8, 4) is 0 Å². The van der Waals surface area contributed by atoms with Gasteiger partial charge >= 0.3 is 5.97 Å². The van der Waals surface area contributed by atoms with Crippen LogP contribution in [0.2, 0.25) is 0 Å². The molecule has 2 N–H and O–H groups in total. The fourth-order valence-corrected chi connectivity index (χ4v) is 4.41. The van der Waals surface area contributed by atoms with Gasteiger partial charge in [0.05, 0.1) is 17.8 Å². The molecule has 1 aliphatic heterocycles. The van der Waals surface area contributed by atoms with Crippen LogP contribution in [0.4, 0.5) is 10.1 Å². The molecule has 1 fully saturated rings. The van der Waals surface area contributed by atoms with Gasteiger partial charge in [-0.2, -0.15) is 0 Å². The highest BCUT2D eigenvalue weighted by Crippen LogP contribution is 2.27. The van der Waals surface area contributed by atoms with Crippen LogP contribution in [0.15, 0.2) is 84.6 Å². The van der Waals surface area contributed by atoms with Gasteiger partial charge in [-0.15, -0.1) is 0 Å². The topological polar surface area (TPSA) is 91.6 Å². The van der Waals surface area contributed by atoms with E-state index in [1.807, 2.05) is 28.8 Å². The summed E-state index contributed by atoms with van der Waals surface area (Å²) in [6.07, 6.45) is 3.25. The molecule has 0 radical (unpaired) electrons. The molecule has 4 aromatic rings. The van der Waals surface area contributed by atoms with Gasteiger partial charge in [0, 0.05) is 28.2 Å². The predicted octanol–water partition coefficient (Wildman–Crippen LogP) is 4.36. The molecule has 2 heterocycles. The number of amides is 2. The zero-order valence-electron chi connectivity index (χ0n) is 18.6. The number of carbonyl (C=O) groups excluding carboxylic acids is 2. The minimum atomic E-state index is -1.10. The highest BCUT2D eigenvalue weighted by Gasteiger charge is 2.34. The monoisotopic (exact) mass is 499 g/mol. The number of halogens is 1. The Labute approximate surface area is 210 Å². The van der Waals surface area contributed by atoms with Gasteiger partial charge in [-0.1, -0.05) is 36.4 Å². The molecule has 178 valence electrons.